The van der Waals surface area contributed by atoms with E-state index in [9.17, 15) is 9.59 Å². The minimum absolute atomic E-state index is 0.0421. The molecule has 0 saturated heterocycles. The van der Waals surface area contributed by atoms with E-state index in [1.165, 1.54) is 12.5 Å². The highest BCUT2D eigenvalue weighted by Gasteiger charge is 2.33. The molecule has 5 nitrogen and oxygen atoms in total. The molecule has 0 fully saturated rings. The Kier molecular flexibility index (Phi) is 5.04. The summed E-state index contributed by atoms with van der Waals surface area (Å²) in [5.74, 6) is -0.158. The van der Waals surface area contributed by atoms with Crippen LogP contribution in [-0.2, 0) is 11.2 Å². The van der Waals surface area contributed by atoms with Crippen LogP contribution >= 0.6 is 0 Å². The minimum Gasteiger partial charge on any atom is -0.360 e. The van der Waals surface area contributed by atoms with Gasteiger partial charge >= 0.3 is 0 Å². The minimum atomic E-state index is -0.351. The van der Waals surface area contributed by atoms with E-state index in [0.29, 0.717) is 5.56 Å². The van der Waals surface area contributed by atoms with Gasteiger partial charge in [-0.1, -0.05) is 43.3 Å². The number of aryl methyl sites for hydroxylation is 1. The maximum absolute atomic E-state index is 13.4. The van der Waals surface area contributed by atoms with Crippen molar-refractivity contribution in [3.63, 3.8) is 0 Å². The molecule has 29 heavy (non-hydrogen) atoms. The first-order valence-corrected chi connectivity index (χ1v) is 9.72. The van der Waals surface area contributed by atoms with Gasteiger partial charge in [-0.25, -0.2) is 0 Å². The van der Waals surface area contributed by atoms with Gasteiger partial charge < -0.3 is 10.6 Å². The van der Waals surface area contributed by atoms with Crippen LogP contribution in [0.25, 0.3) is 0 Å². The zero-order valence-electron chi connectivity index (χ0n) is 16.5. The van der Waals surface area contributed by atoms with Crippen molar-refractivity contribution < 1.29 is 9.59 Å². The maximum Gasteiger partial charge on any atom is 0.262 e. The predicted octanol–water partition coefficient (Wildman–Crippen LogP) is 4.98. The van der Waals surface area contributed by atoms with Gasteiger partial charge in [0.2, 0.25) is 5.91 Å². The van der Waals surface area contributed by atoms with E-state index >= 15 is 0 Å². The first kappa shape index (κ1) is 18.7. The quantitative estimate of drug-likeness (QED) is 0.666. The molecule has 2 N–H and O–H groups in total. The molecule has 0 radical (unpaired) electrons. The van der Waals surface area contributed by atoms with Gasteiger partial charge in [0.1, 0.15) is 6.17 Å². The van der Waals surface area contributed by atoms with Crippen molar-refractivity contribution in [1.29, 1.82) is 0 Å². The third kappa shape index (κ3) is 3.72. The number of carbonyl (C=O) groups excluding carboxylic acids is 2. The summed E-state index contributed by atoms with van der Waals surface area (Å²) in [4.78, 5) is 26.5. The van der Waals surface area contributed by atoms with Gasteiger partial charge in [-0.2, -0.15) is 0 Å². The molecule has 3 aromatic carbocycles. The van der Waals surface area contributed by atoms with Crippen molar-refractivity contribution in [2.45, 2.75) is 26.4 Å². The Morgan fingerprint density at radius 3 is 2.34 bits per heavy atom. The molecule has 4 rings (SSSR count). The van der Waals surface area contributed by atoms with Crippen molar-refractivity contribution >= 4 is 28.9 Å². The van der Waals surface area contributed by atoms with E-state index in [0.717, 1.165) is 29.0 Å². The summed E-state index contributed by atoms with van der Waals surface area (Å²) in [6.45, 7) is 3.59. The molecule has 0 aliphatic carbocycles. The predicted molar refractivity (Wildman–Crippen MR) is 116 cm³/mol. The van der Waals surface area contributed by atoms with Gasteiger partial charge in [-0.3, -0.25) is 14.5 Å². The lowest BCUT2D eigenvalue weighted by molar-refractivity contribution is -0.114. The SMILES string of the molecule is CCc1ccc(N2C(=O)c3ccccc3N[C@@H]2c2ccc(NC(C)=O)cc2)cc1. The van der Waals surface area contributed by atoms with Crippen molar-refractivity contribution in [2.75, 3.05) is 15.5 Å². The molecule has 3 aromatic rings. The average molecular weight is 385 g/mol. The summed E-state index contributed by atoms with van der Waals surface area (Å²) < 4.78 is 0. The van der Waals surface area contributed by atoms with Gasteiger partial charge in [0.15, 0.2) is 0 Å². The molecule has 1 atom stereocenters. The Morgan fingerprint density at radius 2 is 1.69 bits per heavy atom. The summed E-state index contributed by atoms with van der Waals surface area (Å²) in [7, 11) is 0. The maximum atomic E-state index is 13.4. The summed E-state index contributed by atoms with van der Waals surface area (Å²) in [5, 5.41) is 6.27. The molecule has 0 saturated carbocycles. The topological polar surface area (TPSA) is 61.4 Å². The second-order valence-corrected chi connectivity index (χ2v) is 7.09. The lowest BCUT2D eigenvalue weighted by Crippen LogP contribution is -2.43. The van der Waals surface area contributed by atoms with Crippen molar-refractivity contribution in [3.05, 3.63) is 89.5 Å². The fourth-order valence-corrected chi connectivity index (χ4v) is 3.60. The number of anilines is 3. The summed E-state index contributed by atoms with van der Waals surface area (Å²) in [5.41, 5.74) is 5.19. The molecule has 2 amide bonds. The third-order valence-corrected chi connectivity index (χ3v) is 5.10. The fourth-order valence-electron chi connectivity index (χ4n) is 3.60. The largest absolute Gasteiger partial charge is 0.360 e. The lowest BCUT2D eigenvalue weighted by atomic mass is 10.0. The number of nitrogens with one attached hydrogen (secondary N) is 2. The van der Waals surface area contributed by atoms with Gasteiger partial charge in [-0.15, -0.1) is 0 Å². The van der Waals surface area contributed by atoms with Gasteiger partial charge in [0.05, 0.1) is 5.56 Å². The number of nitrogens with zero attached hydrogens (tertiary/aromatic N) is 1. The Bertz CT molecular complexity index is 1040. The van der Waals surface area contributed by atoms with Crippen LogP contribution in [0.1, 0.15) is 41.5 Å². The van der Waals surface area contributed by atoms with Crippen LogP contribution in [-0.4, -0.2) is 11.8 Å². The Labute approximate surface area is 170 Å². The van der Waals surface area contributed by atoms with E-state index in [-0.39, 0.29) is 18.0 Å². The molecule has 146 valence electrons. The molecule has 1 heterocycles. The molecular weight excluding hydrogens is 362 g/mol. The Balaban J connectivity index is 1.76. The standard InChI is InChI=1S/C24H23N3O2/c1-3-17-8-14-20(15-9-17)27-23(18-10-12-19(13-11-18)25-16(2)28)26-22-7-5-4-6-21(22)24(27)29/h4-15,23,26H,3H2,1-2H3,(H,25,28)/t23-/m0/s1. The normalized spacial score (nSPS) is 15.4. The van der Waals surface area contributed by atoms with E-state index < -0.39 is 0 Å². The fraction of sp³-hybridized carbons (Fsp3) is 0.167. The third-order valence-electron chi connectivity index (χ3n) is 5.10. The van der Waals surface area contributed by atoms with E-state index in [1.54, 1.807) is 4.90 Å². The van der Waals surface area contributed by atoms with Crippen LogP contribution in [0, 0.1) is 0 Å². The van der Waals surface area contributed by atoms with Crippen LogP contribution in [0.5, 0.6) is 0 Å². The molecule has 0 unspecified atom stereocenters. The number of hydrogen-bond acceptors (Lipinski definition) is 3. The van der Waals surface area contributed by atoms with Crippen molar-refractivity contribution in [3.8, 4) is 0 Å². The zero-order valence-corrected chi connectivity index (χ0v) is 16.5. The molecule has 0 bridgehead atoms. The number of amides is 2. The highest BCUT2D eigenvalue weighted by atomic mass is 16.2. The lowest BCUT2D eigenvalue weighted by Gasteiger charge is -2.38. The first-order chi connectivity index (χ1) is 14.1. The van der Waals surface area contributed by atoms with Gasteiger partial charge in [-0.05, 0) is 53.9 Å². The molecule has 5 heteroatoms. The smallest absolute Gasteiger partial charge is 0.262 e. The second kappa shape index (κ2) is 7.80. The highest BCUT2D eigenvalue weighted by molar-refractivity contribution is 6.12. The van der Waals surface area contributed by atoms with Gasteiger partial charge in [0.25, 0.3) is 5.91 Å². The summed E-state index contributed by atoms with van der Waals surface area (Å²) in [6.07, 6.45) is 0.597. The number of rotatable bonds is 4. The molecule has 1 aliphatic heterocycles. The number of hydrogen-bond donors (Lipinski definition) is 2. The first-order valence-electron chi connectivity index (χ1n) is 9.72. The van der Waals surface area contributed by atoms with E-state index in [1.807, 2.05) is 60.7 Å². The second-order valence-electron chi connectivity index (χ2n) is 7.09. The van der Waals surface area contributed by atoms with Crippen LogP contribution in [0.2, 0.25) is 0 Å². The van der Waals surface area contributed by atoms with Crippen molar-refractivity contribution in [1.82, 2.24) is 0 Å². The molecular formula is C24H23N3O2. The van der Waals surface area contributed by atoms with Crippen LogP contribution in [0.15, 0.2) is 72.8 Å². The molecule has 0 aromatic heterocycles. The van der Waals surface area contributed by atoms with Gasteiger partial charge in [0, 0.05) is 24.0 Å². The van der Waals surface area contributed by atoms with Crippen LogP contribution < -0.4 is 15.5 Å². The Morgan fingerprint density at radius 1 is 1.00 bits per heavy atom. The van der Waals surface area contributed by atoms with E-state index in [2.05, 4.69) is 29.7 Å². The summed E-state index contributed by atoms with van der Waals surface area (Å²) in [6, 6.07) is 23.2. The zero-order chi connectivity index (χ0) is 20.4. The molecule has 1 aliphatic rings. The monoisotopic (exact) mass is 385 g/mol. The van der Waals surface area contributed by atoms with E-state index in [4.69, 9.17) is 0 Å². The van der Waals surface area contributed by atoms with Crippen LogP contribution in [0.4, 0.5) is 17.1 Å². The number of benzene rings is 3. The summed E-state index contributed by atoms with van der Waals surface area (Å²) >= 11 is 0. The average Bonchev–Trinajstić information content (AvgIpc) is 2.74. The highest BCUT2D eigenvalue weighted by Crippen LogP contribution is 2.37. The van der Waals surface area contributed by atoms with Crippen LogP contribution in [0.3, 0.4) is 0 Å². The number of carbonyl (C=O) groups is 2. The molecule has 0 spiro atoms. The number of para-hydroxylation sites is 1. The number of fused-ring (bicyclic) bond motifs is 1. The Hall–Kier alpha value is -3.60. The van der Waals surface area contributed by atoms with Crippen molar-refractivity contribution in [2.24, 2.45) is 0 Å².